The predicted molar refractivity (Wildman–Crippen MR) is 92.0 cm³/mol. The number of methoxy groups -OCH3 is 1. The minimum atomic E-state index is -0.412. The second-order valence-electron chi connectivity index (χ2n) is 6.10. The van der Waals surface area contributed by atoms with Crippen molar-refractivity contribution in [1.82, 2.24) is 4.90 Å². The lowest BCUT2D eigenvalue weighted by Gasteiger charge is -2.33. The summed E-state index contributed by atoms with van der Waals surface area (Å²) in [7, 11) is 1.34. The molecule has 1 atom stereocenters. The monoisotopic (exact) mass is 357 g/mol. The van der Waals surface area contributed by atoms with E-state index in [1.54, 1.807) is 18.2 Å². The average molecular weight is 358 g/mol. The van der Waals surface area contributed by atoms with Gasteiger partial charge in [-0.3, -0.25) is 4.79 Å². The normalized spacial score (nSPS) is 18.4. The lowest BCUT2D eigenvalue weighted by atomic mass is 9.97. The van der Waals surface area contributed by atoms with Gasteiger partial charge in [0.25, 0.3) is 5.91 Å². The van der Waals surface area contributed by atoms with E-state index in [9.17, 15) is 9.59 Å². The van der Waals surface area contributed by atoms with Crippen molar-refractivity contribution in [3.63, 3.8) is 0 Å². The van der Waals surface area contributed by atoms with Gasteiger partial charge in [-0.05, 0) is 23.8 Å². The molecule has 0 saturated carbocycles. The first kappa shape index (κ1) is 16.0. The second kappa shape index (κ2) is 6.08. The van der Waals surface area contributed by atoms with Gasteiger partial charge in [0.15, 0.2) is 0 Å². The number of hydrogen-bond acceptors (Lipinski definition) is 4. The molecule has 25 heavy (non-hydrogen) atoms. The van der Waals surface area contributed by atoms with E-state index in [0.29, 0.717) is 41.5 Å². The Hall–Kier alpha value is -2.53. The van der Waals surface area contributed by atoms with Crippen LogP contribution in [0.25, 0.3) is 0 Å². The third-order valence-electron chi connectivity index (χ3n) is 4.73. The molecule has 0 aliphatic carbocycles. The second-order valence-corrected chi connectivity index (χ2v) is 6.51. The van der Waals surface area contributed by atoms with E-state index >= 15 is 0 Å². The van der Waals surface area contributed by atoms with Gasteiger partial charge in [0.2, 0.25) is 0 Å². The molecule has 2 aliphatic heterocycles. The smallest absolute Gasteiger partial charge is 0.337 e. The van der Waals surface area contributed by atoms with Gasteiger partial charge in [-0.15, -0.1) is 0 Å². The zero-order valence-electron chi connectivity index (χ0n) is 13.6. The van der Waals surface area contributed by atoms with Crippen LogP contribution in [0.4, 0.5) is 0 Å². The van der Waals surface area contributed by atoms with Gasteiger partial charge in [-0.2, -0.15) is 0 Å². The summed E-state index contributed by atoms with van der Waals surface area (Å²) >= 11 is 6.22. The van der Waals surface area contributed by atoms with Crippen LogP contribution in [0.2, 0.25) is 5.02 Å². The molecular formula is C19H16ClNO4. The molecule has 0 saturated heterocycles. The highest BCUT2D eigenvalue weighted by molar-refractivity contribution is 6.34. The van der Waals surface area contributed by atoms with Crippen molar-refractivity contribution in [3.8, 4) is 5.75 Å². The zero-order chi connectivity index (χ0) is 17.6. The third-order valence-corrected chi connectivity index (χ3v) is 5.05. The van der Waals surface area contributed by atoms with Crippen LogP contribution in [-0.2, 0) is 11.3 Å². The van der Waals surface area contributed by atoms with Gasteiger partial charge in [-0.1, -0.05) is 29.8 Å². The quantitative estimate of drug-likeness (QED) is 0.770. The number of carbonyl (C=O) groups is 2. The molecule has 2 aromatic rings. The Morgan fingerprint density at radius 3 is 2.92 bits per heavy atom. The molecule has 2 heterocycles. The van der Waals surface area contributed by atoms with Gasteiger partial charge in [-0.25, -0.2) is 4.79 Å². The van der Waals surface area contributed by atoms with Crippen molar-refractivity contribution >= 4 is 23.5 Å². The van der Waals surface area contributed by atoms with E-state index in [1.165, 1.54) is 7.11 Å². The highest BCUT2D eigenvalue weighted by Gasteiger charge is 2.37. The first-order valence-electron chi connectivity index (χ1n) is 8.03. The highest BCUT2D eigenvalue weighted by atomic mass is 35.5. The molecule has 0 spiro atoms. The van der Waals surface area contributed by atoms with Crippen molar-refractivity contribution in [1.29, 1.82) is 0 Å². The van der Waals surface area contributed by atoms with Crippen LogP contribution in [0.1, 0.15) is 44.3 Å². The van der Waals surface area contributed by atoms with E-state index in [1.807, 2.05) is 23.1 Å². The summed E-state index contributed by atoms with van der Waals surface area (Å²) in [6.45, 7) is 1.01. The largest absolute Gasteiger partial charge is 0.493 e. The van der Waals surface area contributed by atoms with E-state index in [0.717, 1.165) is 11.1 Å². The Kier molecular flexibility index (Phi) is 3.88. The molecule has 4 rings (SSSR count). The van der Waals surface area contributed by atoms with Crippen molar-refractivity contribution in [2.45, 2.75) is 19.0 Å². The van der Waals surface area contributed by atoms with Crippen molar-refractivity contribution < 1.29 is 19.1 Å². The molecule has 0 bridgehead atoms. The molecule has 6 heteroatoms. The lowest BCUT2D eigenvalue weighted by Crippen LogP contribution is -2.33. The first-order chi connectivity index (χ1) is 12.1. The van der Waals surface area contributed by atoms with Gasteiger partial charge in [0, 0.05) is 18.5 Å². The van der Waals surface area contributed by atoms with Gasteiger partial charge < -0.3 is 14.4 Å². The number of halogens is 1. The molecule has 2 aromatic carbocycles. The van der Waals surface area contributed by atoms with Crippen LogP contribution in [0, 0.1) is 0 Å². The molecule has 1 unspecified atom stereocenters. The standard InChI is InChI=1S/C19H16ClNO4/c1-24-19(23)11-5-6-13-15(7-8-25-16(13)9-11)21-10-12-3-2-4-14(20)17(12)18(21)22/h2-6,9,15H,7-8,10H2,1H3. The van der Waals surface area contributed by atoms with Crippen molar-refractivity contribution in [2.75, 3.05) is 13.7 Å². The average Bonchev–Trinajstić information content (AvgIpc) is 2.98. The Balaban J connectivity index is 1.70. The molecule has 0 aromatic heterocycles. The maximum atomic E-state index is 12.9. The molecule has 1 amide bonds. The van der Waals surface area contributed by atoms with Crippen molar-refractivity contribution in [3.05, 3.63) is 63.7 Å². The van der Waals surface area contributed by atoms with E-state index in [2.05, 4.69) is 0 Å². The number of carbonyl (C=O) groups excluding carboxylic acids is 2. The number of hydrogen-bond donors (Lipinski definition) is 0. The fourth-order valence-corrected chi connectivity index (χ4v) is 3.80. The molecule has 0 fully saturated rings. The Labute approximate surface area is 150 Å². The van der Waals surface area contributed by atoms with E-state index in [-0.39, 0.29) is 11.9 Å². The molecule has 0 N–H and O–H groups in total. The summed E-state index contributed by atoms with van der Waals surface area (Å²) in [5, 5.41) is 0.485. The molecule has 0 radical (unpaired) electrons. The van der Waals surface area contributed by atoms with Gasteiger partial charge in [0.1, 0.15) is 5.75 Å². The Morgan fingerprint density at radius 1 is 1.32 bits per heavy atom. The van der Waals surface area contributed by atoms with Gasteiger partial charge >= 0.3 is 5.97 Å². The SMILES string of the molecule is COC(=O)c1ccc2c(c1)OCCC2N1Cc2cccc(Cl)c2C1=O. The zero-order valence-corrected chi connectivity index (χ0v) is 14.4. The highest BCUT2D eigenvalue weighted by Crippen LogP contribution is 2.41. The molecule has 5 nitrogen and oxygen atoms in total. The summed E-state index contributed by atoms with van der Waals surface area (Å²) in [6.07, 6.45) is 0.696. The van der Waals surface area contributed by atoms with Crippen LogP contribution >= 0.6 is 11.6 Å². The number of ether oxygens (including phenoxy) is 2. The third kappa shape index (κ3) is 2.55. The molecule has 2 aliphatic rings. The minimum absolute atomic E-state index is 0.0597. The van der Waals surface area contributed by atoms with E-state index in [4.69, 9.17) is 21.1 Å². The van der Waals surface area contributed by atoms with Crippen LogP contribution in [0.5, 0.6) is 5.75 Å². The van der Waals surface area contributed by atoms with Crippen LogP contribution in [0.15, 0.2) is 36.4 Å². The maximum Gasteiger partial charge on any atom is 0.337 e. The fourth-order valence-electron chi connectivity index (χ4n) is 3.53. The summed E-state index contributed by atoms with van der Waals surface area (Å²) < 4.78 is 10.5. The van der Waals surface area contributed by atoms with Crippen LogP contribution in [-0.4, -0.2) is 30.5 Å². The predicted octanol–water partition coefficient (Wildman–Crippen LogP) is 3.61. The molecular weight excluding hydrogens is 342 g/mol. The van der Waals surface area contributed by atoms with Crippen LogP contribution in [0.3, 0.4) is 0 Å². The maximum absolute atomic E-state index is 12.9. The van der Waals surface area contributed by atoms with Crippen LogP contribution < -0.4 is 4.74 Å². The number of nitrogens with zero attached hydrogens (tertiary/aromatic N) is 1. The molecule has 128 valence electrons. The van der Waals surface area contributed by atoms with Gasteiger partial charge in [0.05, 0.1) is 35.9 Å². The summed E-state index contributed by atoms with van der Waals surface area (Å²) in [4.78, 5) is 26.4. The number of amides is 1. The lowest BCUT2D eigenvalue weighted by molar-refractivity contribution is 0.0594. The van der Waals surface area contributed by atoms with Crippen molar-refractivity contribution in [2.24, 2.45) is 0 Å². The minimum Gasteiger partial charge on any atom is -0.493 e. The van der Waals surface area contributed by atoms with E-state index < -0.39 is 5.97 Å². The summed E-state index contributed by atoms with van der Waals surface area (Å²) in [5.74, 6) is 0.148. The topological polar surface area (TPSA) is 55.8 Å². The number of esters is 1. The number of fused-ring (bicyclic) bond motifs is 2. The number of benzene rings is 2. The Bertz CT molecular complexity index is 880. The summed E-state index contributed by atoms with van der Waals surface area (Å²) in [6, 6.07) is 10.6. The first-order valence-corrected chi connectivity index (χ1v) is 8.41. The number of rotatable bonds is 2. The summed E-state index contributed by atoms with van der Waals surface area (Å²) in [5.41, 5.74) is 2.86. The Morgan fingerprint density at radius 2 is 2.16 bits per heavy atom. The fraction of sp³-hybridized carbons (Fsp3) is 0.263.